The SMILES string of the molecule is CC(C)C(NC(=O)c1cnc(-c2cccc(-c3cc(C(=O)NC(C)C4CC4)n(CCCC(=O)OC(C)(C)C)n3)c2)o1)C(=O)O. The summed E-state index contributed by atoms with van der Waals surface area (Å²) >= 11 is 0. The number of aryl methyl sites for hydroxylation is 1. The number of oxazole rings is 1. The molecule has 12 heteroatoms. The molecule has 3 aromatic rings. The van der Waals surface area contributed by atoms with Crippen molar-refractivity contribution in [3.63, 3.8) is 0 Å². The minimum absolute atomic E-state index is 0.0436. The number of carboxylic acid groups (broad SMARTS) is 1. The molecule has 3 N–H and O–H groups in total. The van der Waals surface area contributed by atoms with Gasteiger partial charge in [0.05, 0.1) is 11.9 Å². The van der Waals surface area contributed by atoms with Gasteiger partial charge in [0.25, 0.3) is 11.8 Å². The lowest BCUT2D eigenvalue weighted by molar-refractivity contribution is -0.155. The first-order chi connectivity index (χ1) is 20.7. The third-order valence-corrected chi connectivity index (χ3v) is 7.23. The maximum atomic E-state index is 13.3. The molecule has 12 nitrogen and oxygen atoms in total. The monoisotopic (exact) mass is 607 g/mol. The fourth-order valence-electron chi connectivity index (χ4n) is 4.72. The van der Waals surface area contributed by atoms with Crippen molar-refractivity contribution in [2.24, 2.45) is 11.8 Å². The maximum Gasteiger partial charge on any atom is 0.326 e. The number of ether oxygens (including phenoxy) is 1. The average molecular weight is 608 g/mol. The fourth-order valence-corrected chi connectivity index (χ4v) is 4.72. The van der Waals surface area contributed by atoms with Crippen LogP contribution in [0.4, 0.5) is 0 Å². The van der Waals surface area contributed by atoms with Gasteiger partial charge >= 0.3 is 11.9 Å². The number of nitrogens with one attached hydrogen (secondary N) is 2. The van der Waals surface area contributed by atoms with Gasteiger partial charge in [-0.05, 0) is 77.0 Å². The van der Waals surface area contributed by atoms with Gasteiger partial charge in [-0.2, -0.15) is 5.10 Å². The second-order valence-corrected chi connectivity index (χ2v) is 12.6. The lowest BCUT2D eigenvalue weighted by Gasteiger charge is -2.19. The van der Waals surface area contributed by atoms with Crippen LogP contribution in [0.1, 0.15) is 88.3 Å². The zero-order chi connectivity index (χ0) is 32.2. The predicted molar refractivity (Wildman–Crippen MR) is 162 cm³/mol. The summed E-state index contributed by atoms with van der Waals surface area (Å²) in [5.41, 5.74) is 1.60. The molecular weight excluding hydrogens is 566 g/mol. The fraction of sp³-hybridized carbons (Fsp3) is 0.500. The van der Waals surface area contributed by atoms with Crippen molar-refractivity contribution in [1.29, 1.82) is 0 Å². The first-order valence-electron chi connectivity index (χ1n) is 14.9. The number of carbonyl (C=O) groups excluding carboxylic acids is 3. The summed E-state index contributed by atoms with van der Waals surface area (Å²) in [4.78, 5) is 53.9. The van der Waals surface area contributed by atoms with Crippen molar-refractivity contribution >= 4 is 23.8 Å². The number of carboxylic acids is 1. The Labute approximate surface area is 256 Å². The summed E-state index contributed by atoms with van der Waals surface area (Å²) in [5.74, 6) is -2.16. The summed E-state index contributed by atoms with van der Waals surface area (Å²) in [7, 11) is 0. The van der Waals surface area contributed by atoms with Gasteiger partial charge in [0.2, 0.25) is 11.7 Å². The number of nitrogens with zero attached hydrogens (tertiary/aromatic N) is 3. The molecule has 0 radical (unpaired) electrons. The first kappa shape index (κ1) is 32.4. The number of amides is 2. The van der Waals surface area contributed by atoms with Crippen molar-refractivity contribution in [3.8, 4) is 22.7 Å². The van der Waals surface area contributed by atoms with Crippen LogP contribution in [0.3, 0.4) is 0 Å². The van der Waals surface area contributed by atoms with E-state index in [9.17, 15) is 24.3 Å². The summed E-state index contributed by atoms with van der Waals surface area (Å²) in [6, 6.07) is 7.84. The quantitative estimate of drug-likeness (QED) is 0.234. The molecule has 2 unspecified atom stereocenters. The van der Waals surface area contributed by atoms with Gasteiger partial charge in [-0.1, -0.05) is 26.0 Å². The van der Waals surface area contributed by atoms with E-state index in [1.165, 1.54) is 6.20 Å². The molecule has 0 saturated heterocycles. The first-order valence-corrected chi connectivity index (χ1v) is 14.9. The van der Waals surface area contributed by atoms with Crippen LogP contribution in [-0.4, -0.2) is 61.3 Å². The number of hydrogen-bond acceptors (Lipinski definition) is 8. The van der Waals surface area contributed by atoms with E-state index in [-0.39, 0.29) is 41.9 Å². The highest BCUT2D eigenvalue weighted by Crippen LogP contribution is 2.32. The van der Waals surface area contributed by atoms with Crippen LogP contribution in [0.15, 0.2) is 40.9 Å². The number of rotatable bonds is 13. The second kappa shape index (κ2) is 13.4. The van der Waals surface area contributed by atoms with Crippen molar-refractivity contribution in [2.45, 2.75) is 91.5 Å². The highest BCUT2D eigenvalue weighted by molar-refractivity contribution is 5.95. The number of aliphatic carboxylic acids is 1. The van der Waals surface area contributed by atoms with Gasteiger partial charge in [-0.15, -0.1) is 0 Å². The second-order valence-electron chi connectivity index (χ2n) is 12.6. The molecule has 1 aromatic carbocycles. The zero-order valence-electron chi connectivity index (χ0n) is 26.0. The smallest absolute Gasteiger partial charge is 0.326 e. The molecule has 4 rings (SSSR count). The van der Waals surface area contributed by atoms with E-state index < -0.39 is 23.5 Å². The minimum atomic E-state index is -1.14. The van der Waals surface area contributed by atoms with E-state index >= 15 is 0 Å². The van der Waals surface area contributed by atoms with Crippen molar-refractivity contribution in [3.05, 3.63) is 48.0 Å². The topological polar surface area (TPSA) is 166 Å². The van der Waals surface area contributed by atoms with Crippen LogP contribution in [0.25, 0.3) is 22.7 Å². The van der Waals surface area contributed by atoms with Crippen molar-refractivity contribution in [2.75, 3.05) is 0 Å². The van der Waals surface area contributed by atoms with Crippen LogP contribution in [0.2, 0.25) is 0 Å². The highest BCUT2D eigenvalue weighted by Gasteiger charge is 2.30. The van der Waals surface area contributed by atoms with E-state index in [0.29, 0.717) is 41.4 Å². The standard InChI is InChI=1S/C32H41N5O7/c1-18(2)27(31(41)42)35-29(40)25-17-33-30(43-25)22-10-7-9-21(15-22)23-16-24(28(39)34-19(3)20-12-13-20)37(36-23)14-8-11-26(38)44-32(4,5)6/h7,9-10,15-20,27H,8,11-14H2,1-6H3,(H,34,39)(H,35,40)(H,41,42). The Morgan fingerprint density at radius 1 is 1.07 bits per heavy atom. The Bertz CT molecular complexity index is 1510. The van der Waals surface area contributed by atoms with Gasteiger partial charge in [0.1, 0.15) is 17.3 Å². The Balaban J connectivity index is 1.54. The normalized spacial score (nSPS) is 14.6. The molecule has 1 aliphatic carbocycles. The average Bonchev–Trinajstić information content (AvgIpc) is 3.52. The molecule has 2 atom stereocenters. The molecule has 1 saturated carbocycles. The van der Waals surface area contributed by atoms with Crippen LogP contribution < -0.4 is 10.6 Å². The molecular formula is C32H41N5O7. The largest absolute Gasteiger partial charge is 0.480 e. The lowest BCUT2D eigenvalue weighted by atomic mass is 10.0. The summed E-state index contributed by atoms with van der Waals surface area (Å²) in [6.07, 6.45) is 4.06. The molecule has 44 heavy (non-hydrogen) atoms. The number of carbonyl (C=O) groups is 4. The molecule has 236 valence electrons. The third kappa shape index (κ3) is 8.55. The van der Waals surface area contributed by atoms with E-state index in [1.807, 2.05) is 33.8 Å². The Morgan fingerprint density at radius 3 is 2.41 bits per heavy atom. The number of hydrogen-bond donors (Lipinski definition) is 3. The molecule has 0 bridgehead atoms. The summed E-state index contributed by atoms with van der Waals surface area (Å²) < 4.78 is 12.7. The van der Waals surface area contributed by atoms with Crippen molar-refractivity contribution < 1.29 is 33.4 Å². The van der Waals surface area contributed by atoms with Crippen LogP contribution in [0, 0.1) is 11.8 Å². The molecule has 2 amide bonds. The van der Waals surface area contributed by atoms with Crippen LogP contribution in [-0.2, 0) is 20.9 Å². The van der Waals surface area contributed by atoms with Crippen molar-refractivity contribution in [1.82, 2.24) is 25.4 Å². The van der Waals surface area contributed by atoms with Gasteiger partial charge < -0.3 is 24.9 Å². The van der Waals surface area contributed by atoms with E-state index in [4.69, 9.17) is 14.3 Å². The molecule has 1 aliphatic rings. The predicted octanol–water partition coefficient (Wildman–Crippen LogP) is 4.69. The van der Waals surface area contributed by atoms with Gasteiger partial charge in [0.15, 0.2) is 0 Å². The number of benzene rings is 1. The molecule has 2 aromatic heterocycles. The maximum absolute atomic E-state index is 13.3. The molecule has 2 heterocycles. The van der Waals surface area contributed by atoms with Gasteiger partial charge in [0, 0.05) is 30.1 Å². The Kier molecular flexibility index (Phi) is 9.91. The van der Waals surface area contributed by atoms with Gasteiger partial charge in [-0.3, -0.25) is 19.1 Å². The van der Waals surface area contributed by atoms with Gasteiger partial charge in [-0.25, -0.2) is 9.78 Å². The van der Waals surface area contributed by atoms with Crippen LogP contribution in [0.5, 0.6) is 0 Å². The number of aromatic nitrogens is 3. The zero-order valence-corrected chi connectivity index (χ0v) is 26.0. The minimum Gasteiger partial charge on any atom is -0.480 e. The van der Waals surface area contributed by atoms with E-state index in [2.05, 4.69) is 15.6 Å². The van der Waals surface area contributed by atoms with E-state index in [1.54, 1.807) is 42.8 Å². The highest BCUT2D eigenvalue weighted by atomic mass is 16.6. The molecule has 0 aliphatic heterocycles. The summed E-state index contributed by atoms with van der Waals surface area (Å²) in [6.45, 7) is 11.2. The number of esters is 1. The summed E-state index contributed by atoms with van der Waals surface area (Å²) in [5, 5.41) is 19.6. The van der Waals surface area contributed by atoms with Crippen LogP contribution >= 0.6 is 0 Å². The lowest BCUT2D eigenvalue weighted by Crippen LogP contribution is -2.44. The Morgan fingerprint density at radius 2 is 1.77 bits per heavy atom. The Hall–Kier alpha value is -4.48. The van der Waals surface area contributed by atoms with E-state index in [0.717, 1.165) is 12.8 Å². The third-order valence-electron chi connectivity index (χ3n) is 7.23. The molecule has 0 spiro atoms. The molecule has 1 fully saturated rings.